The Labute approximate surface area is 132 Å². The van der Waals surface area contributed by atoms with Crippen LogP contribution in [0.25, 0.3) is 5.69 Å². The Morgan fingerprint density at radius 2 is 1.86 bits per heavy atom. The van der Waals surface area contributed by atoms with Crippen LogP contribution in [0.1, 0.15) is 16.7 Å². The lowest BCUT2D eigenvalue weighted by atomic mass is 10.1. The van der Waals surface area contributed by atoms with Crippen molar-refractivity contribution in [3.05, 3.63) is 81.0 Å². The third-order valence-corrected chi connectivity index (χ3v) is 3.64. The summed E-state index contributed by atoms with van der Waals surface area (Å²) < 4.78 is 2.18. The van der Waals surface area contributed by atoms with Crippen LogP contribution < -0.4 is 5.56 Å². The SMILES string of the molecule is Cc1ccc(-n2cc(Cc3cncnc3)c(=O)[nH]c2=S)cc1. The number of hydrogen-bond donors (Lipinski definition) is 1. The van der Waals surface area contributed by atoms with Gasteiger partial charge in [-0.1, -0.05) is 17.7 Å². The molecule has 3 aromatic rings. The van der Waals surface area contributed by atoms with E-state index in [9.17, 15) is 4.79 Å². The molecular weight excluding hydrogens is 296 g/mol. The first-order valence-corrected chi connectivity index (χ1v) is 7.20. The van der Waals surface area contributed by atoms with Gasteiger partial charge in [-0.25, -0.2) is 9.97 Å². The lowest BCUT2D eigenvalue weighted by Gasteiger charge is -2.09. The number of nitrogens with zero attached hydrogens (tertiary/aromatic N) is 3. The molecule has 0 fully saturated rings. The van der Waals surface area contributed by atoms with Crippen molar-refractivity contribution >= 4 is 12.2 Å². The monoisotopic (exact) mass is 310 g/mol. The number of hydrogen-bond acceptors (Lipinski definition) is 4. The van der Waals surface area contributed by atoms with E-state index >= 15 is 0 Å². The maximum absolute atomic E-state index is 12.1. The average molecular weight is 310 g/mol. The minimum absolute atomic E-state index is 0.183. The van der Waals surface area contributed by atoms with Gasteiger partial charge in [-0.15, -0.1) is 0 Å². The largest absolute Gasteiger partial charge is 0.299 e. The molecule has 1 N–H and O–H groups in total. The molecule has 1 aromatic carbocycles. The van der Waals surface area contributed by atoms with Crippen LogP contribution in [0.15, 0.2) is 54.0 Å². The van der Waals surface area contributed by atoms with Gasteiger partial charge < -0.3 is 0 Å². The zero-order valence-corrected chi connectivity index (χ0v) is 12.8. The Bertz CT molecular complexity index is 898. The number of aryl methyl sites for hydroxylation is 1. The summed E-state index contributed by atoms with van der Waals surface area (Å²) in [7, 11) is 0. The molecule has 2 heterocycles. The van der Waals surface area contributed by atoms with Crippen molar-refractivity contribution in [2.24, 2.45) is 0 Å². The highest BCUT2D eigenvalue weighted by Gasteiger charge is 2.06. The van der Waals surface area contributed by atoms with E-state index in [1.54, 1.807) is 23.2 Å². The van der Waals surface area contributed by atoms with Crippen LogP contribution in [0, 0.1) is 11.7 Å². The molecule has 0 unspecified atom stereocenters. The summed E-state index contributed by atoms with van der Waals surface area (Å²) in [5.41, 5.74) is 3.39. The van der Waals surface area contributed by atoms with Crippen LogP contribution in [0.2, 0.25) is 0 Å². The van der Waals surface area contributed by atoms with Gasteiger partial charge in [-0.3, -0.25) is 14.3 Å². The maximum Gasteiger partial charge on any atom is 0.255 e. The predicted octanol–water partition coefficient (Wildman–Crippen LogP) is 2.58. The molecule has 0 saturated heterocycles. The van der Waals surface area contributed by atoms with Crippen LogP contribution in [0.3, 0.4) is 0 Å². The Morgan fingerprint density at radius 1 is 1.18 bits per heavy atom. The van der Waals surface area contributed by atoms with Gasteiger partial charge in [0.2, 0.25) is 0 Å². The van der Waals surface area contributed by atoms with Crippen molar-refractivity contribution in [1.29, 1.82) is 0 Å². The first kappa shape index (κ1) is 14.3. The highest BCUT2D eigenvalue weighted by Crippen LogP contribution is 2.11. The summed E-state index contributed by atoms with van der Waals surface area (Å²) in [5, 5.41) is 0. The fourth-order valence-electron chi connectivity index (χ4n) is 2.17. The van der Waals surface area contributed by atoms with E-state index in [-0.39, 0.29) is 5.56 Å². The molecule has 2 aromatic heterocycles. The van der Waals surface area contributed by atoms with E-state index in [1.165, 1.54) is 11.9 Å². The minimum atomic E-state index is -0.183. The standard InChI is InChI=1S/C16H14N4OS/c1-11-2-4-14(5-3-11)20-9-13(15(21)19-16(20)22)6-12-7-17-10-18-8-12/h2-5,7-10H,6H2,1H3,(H,19,21,22). The summed E-state index contributed by atoms with van der Waals surface area (Å²) in [6.45, 7) is 2.02. The van der Waals surface area contributed by atoms with Crippen LogP contribution >= 0.6 is 12.2 Å². The molecule has 22 heavy (non-hydrogen) atoms. The number of benzene rings is 1. The summed E-state index contributed by atoms with van der Waals surface area (Å²) in [6.07, 6.45) is 7.09. The summed E-state index contributed by atoms with van der Waals surface area (Å²) >= 11 is 5.26. The van der Waals surface area contributed by atoms with Crippen LogP contribution in [0.4, 0.5) is 0 Å². The van der Waals surface area contributed by atoms with Gasteiger partial charge in [0.1, 0.15) is 6.33 Å². The molecule has 0 amide bonds. The Morgan fingerprint density at radius 3 is 2.55 bits per heavy atom. The quantitative estimate of drug-likeness (QED) is 0.755. The van der Waals surface area contributed by atoms with Crippen LogP contribution in [0.5, 0.6) is 0 Å². The number of aromatic amines is 1. The molecule has 0 atom stereocenters. The lowest BCUT2D eigenvalue weighted by molar-refractivity contribution is 0.896. The molecule has 0 aliphatic heterocycles. The smallest absolute Gasteiger partial charge is 0.255 e. The molecule has 3 rings (SSSR count). The topological polar surface area (TPSA) is 63.6 Å². The third-order valence-electron chi connectivity index (χ3n) is 3.34. The first-order valence-electron chi connectivity index (χ1n) is 6.79. The molecule has 5 nitrogen and oxygen atoms in total. The normalized spacial score (nSPS) is 10.6. The van der Waals surface area contributed by atoms with E-state index in [4.69, 9.17) is 12.2 Å². The molecule has 6 heteroatoms. The summed E-state index contributed by atoms with van der Waals surface area (Å²) in [5.74, 6) is 0. The number of aromatic nitrogens is 4. The minimum Gasteiger partial charge on any atom is -0.299 e. The first-order chi connectivity index (χ1) is 10.6. The van der Waals surface area contributed by atoms with Gasteiger partial charge in [0, 0.05) is 36.3 Å². The molecule has 0 radical (unpaired) electrons. The van der Waals surface area contributed by atoms with E-state index in [1.807, 2.05) is 31.2 Å². The molecular formula is C16H14N4OS. The molecule has 0 saturated carbocycles. The Hall–Kier alpha value is -2.60. The van der Waals surface area contributed by atoms with E-state index in [2.05, 4.69) is 15.0 Å². The zero-order valence-electron chi connectivity index (χ0n) is 12.0. The second-order valence-corrected chi connectivity index (χ2v) is 5.43. The Kier molecular flexibility index (Phi) is 3.93. The van der Waals surface area contributed by atoms with Gasteiger partial charge in [-0.05, 0) is 36.8 Å². The van der Waals surface area contributed by atoms with Crippen molar-refractivity contribution in [2.75, 3.05) is 0 Å². The highest BCUT2D eigenvalue weighted by atomic mass is 32.1. The van der Waals surface area contributed by atoms with Crippen molar-refractivity contribution in [2.45, 2.75) is 13.3 Å². The molecule has 0 aliphatic carbocycles. The van der Waals surface area contributed by atoms with Gasteiger partial charge in [0.15, 0.2) is 4.77 Å². The summed E-state index contributed by atoms with van der Waals surface area (Å²) in [6, 6.07) is 7.96. The summed E-state index contributed by atoms with van der Waals surface area (Å²) in [4.78, 5) is 22.8. The predicted molar refractivity (Wildman–Crippen MR) is 86.8 cm³/mol. The van der Waals surface area contributed by atoms with Crippen LogP contribution in [-0.4, -0.2) is 19.5 Å². The van der Waals surface area contributed by atoms with Gasteiger partial charge in [0.25, 0.3) is 5.56 Å². The molecule has 0 spiro atoms. The number of rotatable bonds is 3. The van der Waals surface area contributed by atoms with E-state index in [0.717, 1.165) is 11.3 Å². The maximum atomic E-state index is 12.1. The zero-order chi connectivity index (χ0) is 15.5. The van der Waals surface area contributed by atoms with Gasteiger partial charge >= 0.3 is 0 Å². The second kappa shape index (κ2) is 6.03. The Balaban J connectivity index is 2.05. The molecule has 0 bridgehead atoms. The third kappa shape index (κ3) is 3.01. The van der Waals surface area contributed by atoms with Crippen molar-refractivity contribution in [1.82, 2.24) is 19.5 Å². The molecule has 110 valence electrons. The van der Waals surface area contributed by atoms with E-state index in [0.29, 0.717) is 16.8 Å². The van der Waals surface area contributed by atoms with Crippen molar-refractivity contribution < 1.29 is 0 Å². The fourth-order valence-corrected chi connectivity index (χ4v) is 2.43. The van der Waals surface area contributed by atoms with E-state index < -0.39 is 0 Å². The van der Waals surface area contributed by atoms with Crippen molar-refractivity contribution in [3.63, 3.8) is 0 Å². The number of nitrogens with one attached hydrogen (secondary N) is 1. The van der Waals surface area contributed by atoms with Crippen LogP contribution in [-0.2, 0) is 6.42 Å². The van der Waals surface area contributed by atoms with Crippen molar-refractivity contribution in [3.8, 4) is 5.69 Å². The van der Waals surface area contributed by atoms with Gasteiger partial charge in [-0.2, -0.15) is 0 Å². The molecule has 0 aliphatic rings. The second-order valence-electron chi connectivity index (χ2n) is 5.04. The lowest BCUT2D eigenvalue weighted by Crippen LogP contribution is -2.17. The fraction of sp³-hybridized carbons (Fsp3) is 0.125. The van der Waals surface area contributed by atoms with Gasteiger partial charge in [0.05, 0.1) is 0 Å². The average Bonchev–Trinajstić information content (AvgIpc) is 2.52. The highest BCUT2D eigenvalue weighted by molar-refractivity contribution is 7.71. The number of H-pyrrole nitrogens is 1.